The van der Waals surface area contributed by atoms with Gasteiger partial charge in [-0.05, 0) is 37.1 Å². The molecule has 1 amide bonds. The zero-order valence-electron chi connectivity index (χ0n) is 12.8. The van der Waals surface area contributed by atoms with Crippen LogP contribution in [0.2, 0.25) is 0 Å². The maximum absolute atomic E-state index is 11.8. The molecule has 0 aliphatic carbocycles. The van der Waals surface area contributed by atoms with Crippen molar-refractivity contribution in [2.24, 2.45) is 5.92 Å². The van der Waals surface area contributed by atoms with Crippen LogP contribution in [-0.2, 0) is 11.3 Å². The van der Waals surface area contributed by atoms with Crippen LogP contribution in [0, 0.1) is 5.92 Å². The first kappa shape index (κ1) is 16.3. The molecule has 21 heavy (non-hydrogen) atoms. The number of hydrogen-bond donors (Lipinski definition) is 2. The van der Waals surface area contributed by atoms with Gasteiger partial charge in [-0.2, -0.15) is 0 Å². The van der Waals surface area contributed by atoms with Crippen molar-refractivity contribution in [3.05, 3.63) is 28.2 Å². The molecule has 2 N–H and O–H groups in total. The number of hydrogen-bond acceptors (Lipinski definition) is 3. The van der Waals surface area contributed by atoms with Crippen molar-refractivity contribution in [1.29, 1.82) is 0 Å². The van der Waals surface area contributed by atoms with Crippen LogP contribution in [0.4, 0.5) is 5.69 Å². The Morgan fingerprint density at radius 3 is 2.95 bits per heavy atom. The van der Waals surface area contributed by atoms with Crippen LogP contribution in [0.25, 0.3) is 0 Å². The van der Waals surface area contributed by atoms with Gasteiger partial charge in [0, 0.05) is 36.8 Å². The lowest BCUT2D eigenvalue weighted by Gasteiger charge is -2.33. The number of halogens is 1. The summed E-state index contributed by atoms with van der Waals surface area (Å²) >= 11 is 3.66. The average Bonchev–Trinajstić information content (AvgIpc) is 2.53. The molecule has 1 atom stereocenters. The minimum absolute atomic E-state index is 0.101. The molecular weight excluding hydrogens is 330 g/mol. The molecule has 0 aromatic heterocycles. The third-order valence-corrected chi connectivity index (χ3v) is 4.74. The molecule has 116 valence electrons. The van der Waals surface area contributed by atoms with E-state index in [4.69, 9.17) is 0 Å². The highest BCUT2D eigenvalue weighted by atomic mass is 79.9. The number of amides is 1. The number of anilines is 1. The van der Waals surface area contributed by atoms with Crippen LogP contribution in [0.1, 0.15) is 25.3 Å². The Kier molecular flexibility index (Phi) is 6.06. The predicted molar refractivity (Wildman–Crippen MR) is 90.5 cm³/mol. The molecule has 0 radical (unpaired) electrons. The van der Waals surface area contributed by atoms with Gasteiger partial charge in [0.2, 0.25) is 5.91 Å². The van der Waals surface area contributed by atoms with Gasteiger partial charge in [0.05, 0.1) is 5.92 Å². The molecule has 1 aliphatic heterocycles. The van der Waals surface area contributed by atoms with Crippen molar-refractivity contribution in [1.82, 2.24) is 10.6 Å². The Bertz CT molecular complexity index is 492. The summed E-state index contributed by atoms with van der Waals surface area (Å²) in [5, 5.41) is 6.10. The normalized spacial score (nSPS) is 18.6. The van der Waals surface area contributed by atoms with Crippen LogP contribution in [0.5, 0.6) is 0 Å². The van der Waals surface area contributed by atoms with Crippen LogP contribution >= 0.6 is 15.9 Å². The van der Waals surface area contributed by atoms with Crippen LogP contribution in [-0.4, -0.2) is 32.6 Å². The zero-order chi connectivity index (χ0) is 15.2. The van der Waals surface area contributed by atoms with E-state index in [9.17, 15) is 4.79 Å². The van der Waals surface area contributed by atoms with Gasteiger partial charge in [0.1, 0.15) is 0 Å². The molecular formula is C16H24BrN3O. The smallest absolute Gasteiger partial charge is 0.224 e. The number of carbonyl (C=O) groups excluding carboxylic acids is 1. The van der Waals surface area contributed by atoms with Gasteiger partial charge in [0.15, 0.2) is 0 Å². The number of nitrogens with zero attached hydrogens (tertiary/aromatic N) is 1. The molecule has 2 rings (SSSR count). The highest BCUT2D eigenvalue weighted by molar-refractivity contribution is 9.10. The van der Waals surface area contributed by atoms with Crippen LogP contribution in [0.15, 0.2) is 22.7 Å². The summed E-state index contributed by atoms with van der Waals surface area (Å²) in [6.45, 7) is 5.77. The Balaban J connectivity index is 2.07. The Morgan fingerprint density at radius 2 is 2.29 bits per heavy atom. The predicted octanol–water partition coefficient (Wildman–Crippen LogP) is 2.52. The third kappa shape index (κ3) is 4.20. The number of rotatable bonds is 5. The lowest BCUT2D eigenvalue weighted by atomic mass is 9.96. The quantitative estimate of drug-likeness (QED) is 0.854. The minimum atomic E-state index is 0.101. The molecule has 5 heteroatoms. The lowest BCUT2D eigenvalue weighted by Crippen LogP contribution is -2.42. The molecule has 0 spiro atoms. The molecule has 1 fully saturated rings. The van der Waals surface area contributed by atoms with E-state index in [1.807, 2.05) is 0 Å². The fourth-order valence-electron chi connectivity index (χ4n) is 2.77. The molecule has 1 aromatic rings. The third-order valence-electron chi connectivity index (χ3n) is 4.01. The van der Waals surface area contributed by atoms with Gasteiger partial charge >= 0.3 is 0 Å². The van der Waals surface area contributed by atoms with Crippen molar-refractivity contribution in [2.75, 3.05) is 31.6 Å². The van der Waals surface area contributed by atoms with Crippen molar-refractivity contribution in [2.45, 2.75) is 26.3 Å². The summed E-state index contributed by atoms with van der Waals surface area (Å²) in [6.07, 6.45) is 2.05. The van der Waals surface area contributed by atoms with Gasteiger partial charge in [0.25, 0.3) is 0 Å². The molecule has 1 saturated heterocycles. The largest absolute Gasteiger partial charge is 0.371 e. The van der Waals surface area contributed by atoms with Gasteiger partial charge in [-0.3, -0.25) is 4.79 Å². The van der Waals surface area contributed by atoms with Gasteiger partial charge < -0.3 is 15.5 Å². The fourth-order valence-corrected chi connectivity index (χ4v) is 3.27. The van der Waals surface area contributed by atoms with E-state index in [0.717, 1.165) is 43.5 Å². The Labute approximate surface area is 135 Å². The number of carbonyl (C=O) groups is 1. The van der Waals surface area contributed by atoms with Crippen molar-refractivity contribution in [3.63, 3.8) is 0 Å². The number of nitrogens with one attached hydrogen (secondary N) is 2. The van der Waals surface area contributed by atoms with Gasteiger partial charge in [-0.15, -0.1) is 0 Å². The van der Waals surface area contributed by atoms with E-state index in [-0.39, 0.29) is 11.8 Å². The monoisotopic (exact) mass is 353 g/mol. The summed E-state index contributed by atoms with van der Waals surface area (Å²) in [7, 11) is 1.72. The fraction of sp³-hybridized carbons (Fsp3) is 0.562. The van der Waals surface area contributed by atoms with Gasteiger partial charge in [-0.1, -0.05) is 28.9 Å². The number of benzene rings is 1. The van der Waals surface area contributed by atoms with Crippen molar-refractivity contribution < 1.29 is 4.79 Å². The van der Waals surface area contributed by atoms with Crippen LogP contribution in [0.3, 0.4) is 0 Å². The molecule has 1 aromatic carbocycles. The summed E-state index contributed by atoms with van der Waals surface area (Å²) in [5.41, 5.74) is 2.45. The molecule has 1 heterocycles. The standard InChI is InChI=1S/C16H24BrN3O/c1-3-19-10-12-6-7-14(9-15(12)17)20-8-4-5-13(11-20)16(21)18-2/h6-7,9,13,19H,3-5,8,10-11H2,1-2H3,(H,18,21). The van der Waals surface area contributed by atoms with E-state index in [0.29, 0.717) is 0 Å². The maximum Gasteiger partial charge on any atom is 0.224 e. The molecule has 1 aliphatic rings. The molecule has 0 bridgehead atoms. The molecule has 1 unspecified atom stereocenters. The van der Waals surface area contributed by atoms with E-state index >= 15 is 0 Å². The lowest BCUT2D eigenvalue weighted by molar-refractivity contribution is -0.124. The summed E-state index contributed by atoms with van der Waals surface area (Å²) < 4.78 is 1.13. The highest BCUT2D eigenvalue weighted by Crippen LogP contribution is 2.28. The van der Waals surface area contributed by atoms with Crippen molar-refractivity contribution >= 4 is 27.5 Å². The zero-order valence-corrected chi connectivity index (χ0v) is 14.4. The summed E-state index contributed by atoms with van der Waals surface area (Å²) in [5.74, 6) is 0.256. The Hall–Kier alpha value is -1.07. The first-order valence-electron chi connectivity index (χ1n) is 7.61. The number of piperidine rings is 1. The van der Waals surface area contributed by atoms with E-state index in [2.05, 4.69) is 56.6 Å². The molecule has 4 nitrogen and oxygen atoms in total. The SMILES string of the molecule is CCNCc1ccc(N2CCCC(C(=O)NC)C2)cc1Br. The summed E-state index contributed by atoms with van der Waals surface area (Å²) in [4.78, 5) is 14.1. The summed E-state index contributed by atoms with van der Waals surface area (Å²) in [6, 6.07) is 6.48. The van der Waals surface area contributed by atoms with E-state index < -0.39 is 0 Å². The topological polar surface area (TPSA) is 44.4 Å². The Morgan fingerprint density at radius 1 is 1.48 bits per heavy atom. The maximum atomic E-state index is 11.8. The highest BCUT2D eigenvalue weighted by Gasteiger charge is 2.25. The second kappa shape index (κ2) is 7.80. The molecule has 0 saturated carbocycles. The van der Waals surface area contributed by atoms with Gasteiger partial charge in [-0.25, -0.2) is 0 Å². The van der Waals surface area contributed by atoms with E-state index in [1.165, 1.54) is 11.3 Å². The van der Waals surface area contributed by atoms with E-state index in [1.54, 1.807) is 7.05 Å². The second-order valence-electron chi connectivity index (χ2n) is 5.46. The second-order valence-corrected chi connectivity index (χ2v) is 6.31. The first-order valence-corrected chi connectivity index (χ1v) is 8.40. The van der Waals surface area contributed by atoms with Crippen molar-refractivity contribution in [3.8, 4) is 0 Å². The first-order chi connectivity index (χ1) is 10.2. The minimum Gasteiger partial charge on any atom is -0.371 e. The average molecular weight is 354 g/mol. The van der Waals surface area contributed by atoms with Crippen LogP contribution < -0.4 is 15.5 Å².